The summed E-state index contributed by atoms with van der Waals surface area (Å²) < 4.78 is 0. The van der Waals surface area contributed by atoms with Crippen LogP contribution in [0.15, 0.2) is 53.6 Å². The van der Waals surface area contributed by atoms with Gasteiger partial charge in [-0.1, -0.05) is 68.8 Å². The van der Waals surface area contributed by atoms with E-state index in [4.69, 9.17) is 11.6 Å². The molecule has 0 aliphatic rings. The summed E-state index contributed by atoms with van der Waals surface area (Å²) in [6.07, 6.45) is 1.66. The van der Waals surface area contributed by atoms with Crippen LogP contribution in [0.2, 0.25) is 5.02 Å². The number of hydrazone groups is 1. The molecular weight excluding hydrogens is 352 g/mol. The molecule has 0 unspecified atom stereocenters. The summed E-state index contributed by atoms with van der Waals surface area (Å²) in [6.45, 7) is 6.53. The quantitative estimate of drug-likeness (QED) is 0.569. The summed E-state index contributed by atoms with van der Waals surface area (Å²) in [4.78, 5) is 11.8. The van der Waals surface area contributed by atoms with Crippen LogP contribution >= 0.6 is 23.4 Å². The van der Waals surface area contributed by atoms with Crippen molar-refractivity contribution in [3.8, 4) is 0 Å². The van der Waals surface area contributed by atoms with Gasteiger partial charge in [0.2, 0.25) is 5.91 Å². The Morgan fingerprint density at radius 1 is 1.20 bits per heavy atom. The summed E-state index contributed by atoms with van der Waals surface area (Å²) in [7, 11) is 0. The van der Waals surface area contributed by atoms with Crippen molar-refractivity contribution in [1.82, 2.24) is 5.43 Å². The van der Waals surface area contributed by atoms with E-state index < -0.39 is 0 Å². The van der Waals surface area contributed by atoms with Crippen molar-refractivity contribution in [3.63, 3.8) is 0 Å². The molecule has 0 heterocycles. The largest absolute Gasteiger partial charge is 0.272 e. The standard InChI is InChI=1S/C20H23ClN2OS/c1-20(2,3)17-9-7-15(8-10-17)12-22-23-19(24)14-25-13-16-5-4-6-18(21)11-16/h4-12H,13-14H2,1-3H3,(H,23,24)/b22-12-. The summed E-state index contributed by atoms with van der Waals surface area (Å²) >= 11 is 7.47. The number of thioether (sulfide) groups is 1. The van der Waals surface area contributed by atoms with Gasteiger partial charge in [0.05, 0.1) is 12.0 Å². The van der Waals surface area contributed by atoms with Crippen LogP contribution in [-0.4, -0.2) is 17.9 Å². The van der Waals surface area contributed by atoms with E-state index in [0.29, 0.717) is 10.8 Å². The zero-order valence-electron chi connectivity index (χ0n) is 14.8. The second-order valence-electron chi connectivity index (χ2n) is 6.79. The summed E-state index contributed by atoms with van der Waals surface area (Å²) in [6, 6.07) is 15.8. The lowest BCUT2D eigenvalue weighted by atomic mass is 9.87. The number of amides is 1. The maximum Gasteiger partial charge on any atom is 0.250 e. The minimum atomic E-state index is -0.116. The predicted octanol–water partition coefficient (Wildman–Crippen LogP) is 5.02. The SMILES string of the molecule is CC(C)(C)c1ccc(/C=N\NC(=O)CSCc2cccc(Cl)c2)cc1. The van der Waals surface area contributed by atoms with Crippen molar-refractivity contribution >= 4 is 35.5 Å². The van der Waals surface area contributed by atoms with Gasteiger partial charge in [-0.15, -0.1) is 11.8 Å². The highest BCUT2D eigenvalue weighted by Gasteiger charge is 2.12. The molecule has 1 amide bonds. The number of hydrogen-bond donors (Lipinski definition) is 1. The van der Waals surface area contributed by atoms with Crippen LogP contribution in [0.5, 0.6) is 0 Å². The number of hydrogen-bond acceptors (Lipinski definition) is 3. The number of carbonyl (C=O) groups is 1. The molecule has 2 aromatic rings. The highest BCUT2D eigenvalue weighted by molar-refractivity contribution is 7.99. The number of benzene rings is 2. The number of nitrogens with zero attached hydrogens (tertiary/aromatic N) is 1. The molecule has 0 saturated heterocycles. The van der Waals surface area contributed by atoms with Gasteiger partial charge >= 0.3 is 0 Å². The minimum absolute atomic E-state index is 0.116. The highest BCUT2D eigenvalue weighted by atomic mass is 35.5. The third-order valence-corrected chi connectivity index (χ3v) is 4.81. The van der Waals surface area contributed by atoms with Gasteiger partial charge < -0.3 is 0 Å². The lowest BCUT2D eigenvalue weighted by Gasteiger charge is -2.18. The van der Waals surface area contributed by atoms with E-state index in [1.165, 1.54) is 17.3 Å². The molecular formula is C20H23ClN2OS. The summed E-state index contributed by atoms with van der Waals surface area (Å²) in [5.41, 5.74) is 6.02. The van der Waals surface area contributed by atoms with E-state index in [1.807, 2.05) is 36.4 Å². The Balaban J connectivity index is 1.75. The van der Waals surface area contributed by atoms with Crippen molar-refractivity contribution in [2.45, 2.75) is 31.9 Å². The second-order valence-corrected chi connectivity index (χ2v) is 8.21. The first-order valence-electron chi connectivity index (χ1n) is 8.09. The van der Waals surface area contributed by atoms with Crippen molar-refractivity contribution in [2.75, 3.05) is 5.75 Å². The lowest BCUT2D eigenvalue weighted by molar-refractivity contribution is -0.118. The third kappa shape index (κ3) is 6.92. The van der Waals surface area contributed by atoms with E-state index in [9.17, 15) is 4.79 Å². The van der Waals surface area contributed by atoms with Crippen molar-refractivity contribution in [1.29, 1.82) is 0 Å². The van der Waals surface area contributed by atoms with Gasteiger partial charge in [0.25, 0.3) is 0 Å². The molecule has 25 heavy (non-hydrogen) atoms. The molecule has 1 N–H and O–H groups in total. The first-order chi connectivity index (χ1) is 11.8. The molecule has 5 heteroatoms. The Labute approximate surface area is 158 Å². The van der Waals surface area contributed by atoms with Gasteiger partial charge in [-0.2, -0.15) is 5.10 Å². The number of carbonyl (C=O) groups excluding carboxylic acids is 1. The van der Waals surface area contributed by atoms with Gasteiger partial charge in [0.1, 0.15) is 0 Å². The van der Waals surface area contributed by atoms with Crippen molar-refractivity contribution in [2.24, 2.45) is 5.10 Å². The van der Waals surface area contributed by atoms with Crippen LogP contribution in [0.1, 0.15) is 37.5 Å². The summed E-state index contributed by atoms with van der Waals surface area (Å²) in [5.74, 6) is 0.980. The zero-order valence-corrected chi connectivity index (χ0v) is 16.3. The fourth-order valence-corrected chi connectivity index (χ4v) is 3.15. The van der Waals surface area contributed by atoms with Crippen LogP contribution in [0.3, 0.4) is 0 Å². The molecule has 2 rings (SSSR count). The smallest absolute Gasteiger partial charge is 0.250 e. The Morgan fingerprint density at radius 2 is 1.92 bits per heavy atom. The van der Waals surface area contributed by atoms with Gasteiger partial charge in [0.15, 0.2) is 0 Å². The Hall–Kier alpha value is -1.78. The molecule has 0 atom stereocenters. The molecule has 0 aromatic heterocycles. The normalized spacial score (nSPS) is 11.7. The maximum absolute atomic E-state index is 11.8. The molecule has 132 valence electrons. The van der Waals surface area contributed by atoms with Crippen LogP contribution in [0.4, 0.5) is 0 Å². The molecule has 0 spiro atoms. The van der Waals surface area contributed by atoms with Crippen LogP contribution in [-0.2, 0) is 16.0 Å². The first-order valence-corrected chi connectivity index (χ1v) is 9.62. The van der Waals surface area contributed by atoms with Crippen LogP contribution in [0.25, 0.3) is 0 Å². The van der Waals surface area contributed by atoms with Crippen LogP contribution in [0, 0.1) is 0 Å². The third-order valence-electron chi connectivity index (χ3n) is 3.57. The molecule has 0 aliphatic heterocycles. The van der Waals surface area contributed by atoms with E-state index >= 15 is 0 Å². The number of nitrogens with one attached hydrogen (secondary N) is 1. The van der Waals surface area contributed by atoms with Crippen molar-refractivity contribution < 1.29 is 4.79 Å². The van der Waals surface area contributed by atoms with Crippen molar-refractivity contribution in [3.05, 3.63) is 70.2 Å². The van der Waals surface area contributed by atoms with E-state index in [1.54, 1.807) is 6.21 Å². The average Bonchev–Trinajstić information content (AvgIpc) is 2.54. The van der Waals surface area contributed by atoms with Gasteiger partial charge in [0, 0.05) is 10.8 Å². The number of rotatable bonds is 6. The molecule has 0 saturated carbocycles. The van der Waals surface area contributed by atoms with Gasteiger partial charge in [-0.25, -0.2) is 5.43 Å². The van der Waals surface area contributed by atoms with Gasteiger partial charge in [-0.05, 0) is 34.2 Å². The second kappa shape index (κ2) is 9.07. The Morgan fingerprint density at radius 3 is 2.56 bits per heavy atom. The summed E-state index contributed by atoms with van der Waals surface area (Å²) in [5, 5.41) is 4.73. The Kier molecular flexibility index (Phi) is 7.09. The van der Waals surface area contributed by atoms with E-state index in [2.05, 4.69) is 43.4 Å². The number of halogens is 1. The highest BCUT2D eigenvalue weighted by Crippen LogP contribution is 2.21. The first kappa shape index (κ1) is 19.5. The molecule has 0 radical (unpaired) electrons. The molecule has 3 nitrogen and oxygen atoms in total. The van der Waals surface area contributed by atoms with Crippen LogP contribution < -0.4 is 5.43 Å². The van der Waals surface area contributed by atoms with E-state index in [0.717, 1.165) is 16.9 Å². The zero-order chi connectivity index (χ0) is 18.3. The monoisotopic (exact) mass is 374 g/mol. The lowest BCUT2D eigenvalue weighted by Crippen LogP contribution is -2.19. The topological polar surface area (TPSA) is 41.5 Å². The molecule has 0 bridgehead atoms. The van der Waals surface area contributed by atoms with E-state index in [-0.39, 0.29) is 11.3 Å². The van der Waals surface area contributed by atoms with Gasteiger partial charge in [-0.3, -0.25) is 4.79 Å². The predicted molar refractivity (Wildman–Crippen MR) is 108 cm³/mol. The minimum Gasteiger partial charge on any atom is -0.272 e. The maximum atomic E-state index is 11.8. The Bertz CT molecular complexity index is 736. The molecule has 0 fully saturated rings. The average molecular weight is 375 g/mol. The molecule has 0 aliphatic carbocycles. The fourth-order valence-electron chi connectivity index (χ4n) is 2.17. The fraction of sp³-hybridized carbons (Fsp3) is 0.300. The molecule has 2 aromatic carbocycles.